The maximum atomic E-state index is 10.9. The van der Waals surface area contributed by atoms with Crippen molar-refractivity contribution in [3.8, 4) is 0 Å². The minimum atomic E-state index is -0.835. The molecule has 20 heavy (non-hydrogen) atoms. The van der Waals surface area contributed by atoms with Gasteiger partial charge in [0.15, 0.2) is 0 Å². The maximum absolute atomic E-state index is 10.9. The fraction of sp³-hybridized carbons (Fsp3) is 0.462. The number of hydrogen-bond acceptors (Lipinski definition) is 4. The number of rotatable bonds is 7. The number of hydrogen-bond donors (Lipinski definition) is 2. The number of halogens is 1. The summed E-state index contributed by atoms with van der Waals surface area (Å²) in [5.74, 6) is -0.835. The smallest absolute Gasteiger partial charge is 0.309 e. The minimum Gasteiger partial charge on any atom is -0.481 e. The second kappa shape index (κ2) is 6.67. The molecule has 0 aromatic heterocycles. The van der Waals surface area contributed by atoms with E-state index in [9.17, 15) is 14.9 Å². The first-order valence-electron chi connectivity index (χ1n) is 6.11. The van der Waals surface area contributed by atoms with Gasteiger partial charge in [0.1, 0.15) is 5.02 Å². The molecule has 0 saturated carbocycles. The molecule has 0 bridgehead atoms. The van der Waals surface area contributed by atoms with Crippen LogP contribution >= 0.6 is 11.6 Å². The molecule has 1 rings (SSSR count). The van der Waals surface area contributed by atoms with Gasteiger partial charge in [0.25, 0.3) is 5.69 Å². The molecule has 7 heteroatoms. The van der Waals surface area contributed by atoms with Gasteiger partial charge >= 0.3 is 5.97 Å². The molecule has 1 aromatic carbocycles. The van der Waals surface area contributed by atoms with E-state index in [2.05, 4.69) is 5.32 Å². The van der Waals surface area contributed by atoms with Crippen LogP contribution in [-0.4, -0.2) is 22.5 Å². The highest BCUT2D eigenvalue weighted by Crippen LogP contribution is 2.25. The predicted octanol–water partition coefficient (Wildman–Crippen LogP) is 2.84. The van der Waals surface area contributed by atoms with Crippen LogP contribution in [0.4, 0.5) is 5.69 Å². The van der Waals surface area contributed by atoms with Crippen molar-refractivity contribution in [3.63, 3.8) is 0 Å². The van der Waals surface area contributed by atoms with Crippen LogP contribution in [-0.2, 0) is 11.3 Å². The third-order valence-electron chi connectivity index (χ3n) is 3.04. The van der Waals surface area contributed by atoms with E-state index in [4.69, 9.17) is 16.7 Å². The summed E-state index contributed by atoms with van der Waals surface area (Å²) in [6.07, 6.45) is 0.489. The van der Waals surface area contributed by atoms with Gasteiger partial charge in [0, 0.05) is 12.6 Å². The van der Waals surface area contributed by atoms with Crippen molar-refractivity contribution in [2.45, 2.75) is 26.8 Å². The highest BCUT2D eigenvalue weighted by atomic mass is 35.5. The van der Waals surface area contributed by atoms with Gasteiger partial charge in [-0.05, 0) is 38.4 Å². The molecule has 0 heterocycles. The van der Waals surface area contributed by atoms with Gasteiger partial charge in [-0.15, -0.1) is 0 Å². The van der Waals surface area contributed by atoms with E-state index >= 15 is 0 Å². The number of carbonyl (C=O) groups is 1. The summed E-state index contributed by atoms with van der Waals surface area (Å²) in [5.41, 5.74) is -0.0868. The number of nitrogens with one attached hydrogen (secondary N) is 1. The van der Waals surface area contributed by atoms with E-state index in [0.717, 1.165) is 5.56 Å². The molecule has 1 aromatic rings. The summed E-state index contributed by atoms with van der Waals surface area (Å²) in [7, 11) is 0. The highest BCUT2D eigenvalue weighted by molar-refractivity contribution is 6.32. The van der Waals surface area contributed by atoms with Crippen LogP contribution in [0, 0.1) is 15.5 Å². The third kappa shape index (κ3) is 4.47. The second-order valence-electron chi connectivity index (χ2n) is 5.16. The summed E-state index contributed by atoms with van der Waals surface area (Å²) < 4.78 is 0. The normalized spacial score (nSPS) is 11.3. The SMILES string of the molecule is CC(C)(CCNCc1ccc([N+](=O)[O-])c(Cl)c1)C(=O)O. The quantitative estimate of drug-likeness (QED) is 0.459. The lowest BCUT2D eigenvalue weighted by molar-refractivity contribution is -0.384. The van der Waals surface area contributed by atoms with Gasteiger partial charge in [-0.1, -0.05) is 17.7 Å². The monoisotopic (exact) mass is 300 g/mol. The van der Waals surface area contributed by atoms with E-state index in [1.54, 1.807) is 19.9 Å². The van der Waals surface area contributed by atoms with Crippen LogP contribution < -0.4 is 5.32 Å². The molecule has 0 spiro atoms. The zero-order valence-corrected chi connectivity index (χ0v) is 12.1. The summed E-state index contributed by atoms with van der Waals surface area (Å²) in [5, 5.41) is 22.8. The molecule has 2 N–H and O–H groups in total. The van der Waals surface area contributed by atoms with Crippen molar-refractivity contribution in [2.75, 3.05) is 6.54 Å². The first-order valence-corrected chi connectivity index (χ1v) is 6.49. The van der Waals surface area contributed by atoms with Crippen molar-refractivity contribution < 1.29 is 14.8 Å². The number of benzene rings is 1. The zero-order chi connectivity index (χ0) is 15.3. The first kappa shape index (κ1) is 16.4. The van der Waals surface area contributed by atoms with E-state index in [1.807, 2.05) is 0 Å². The Hall–Kier alpha value is -1.66. The largest absolute Gasteiger partial charge is 0.481 e. The molecule has 6 nitrogen and oxygen atoms in total. The Morgan fingerprint density at radius 1 is 1.50 bits per heavy atom. The first-order chi connectivity index (χ1) is 9.24. The van der Waals surface area contributed by atoms with Crippen LogP contribution in [0.5, 0.6) is 0 Å². The molecule has 0 aliphatic carbocycles. The van der Waals surface area contributed by atoms with E-state index in [-0.39, 0.29) is 10.7 Å². The Bertz CT molecular complexity index is 517. The van der Waals surface area contributed by atoms with Crippen molar-refractivity contribution >= 4 is 23.3 Å². The molecule has 0 unspecified atom stereocenters. The van der Waals surface area contributed by atoms with Crippen LogP contribution in [0.1, 0.15) is 25.8 Å². The number of nitro groups is 1. The summed E-state index contributed by atoms with van der Waals surface area (Å²) >= 11 is 5.80. The second-order valence-corrected chi connectivity index (χ2v) is 5.57. The molecule has 0 aliphatic heterocycles. The Balaban J connectivity index is 2.49. The highest BCUT2D eigenvalue weighted by Gasteiger charge is 2.26. The van der Waals surface area contributed by atoms with E-state index in [0.29, 0.717) is 19.5 Å². The maximum Gasteiger partial charge on any atom is 0.309 e. The average Bonchev–Trinajstić information content (AvgIpc) is 2.34. The summed E-state index contributed by atoms with van der Waals surface area (Å²) in [6, 6.07) is 4.52. The van der Waals surface area contributed by atoms with Crippen LogP contribution in [0.2, 0.25) is 5.02 Å². The molecule has 0 amide bonds. The van der Waals surface area contributed by atoms with Gasteiger partial charge in [0.2, 0.25) is 0 Å². The Kier molecular flexibility index (Phi) is 5.47. The van der Waals surface area contributed by atoms with Gasteiger partial charge < -0.3 is 10.4 Å². The minimum absolute atomic E-state index is 0.0974. The number of aliphatic carboxylic acids is 1. The molecular formula is C13H17ClN2O4. The lowest BCUT2D eigenvalue weighted by Crippen LogP contribution is -2.28. The molecule has 110 valence electrons. The van der Waals surface area contributed by atoms with E-state index < -0.39 is 16.3 Å². The Labute approximate surface area is 121 Å². The van der Waals surface area contributed by atoms with E-state index in [1.165, 1.54) is 12.1 Å². The third-order valence-corrected chi connectivity index (χ3v) is 3.35. The van der Waals surface area contributed by atoms with Crippen LogP contribution in [0.15, 0.2) is 18.2 Å². The summed E-state index contributed by atoms with van der Waals surface area (Å²) in [6.45, 7) is 4.35. The number of carboxylic acids is 1. The van der Waals surface area contributed by atoms with Crippen molar-refractivity contribution in [3.05, 3.63) is 38.9 Å². The van der Waals surface area contributed by atoms with Crippen LogP contribution in [0.25, 0.3) is 0 Å². The number of nitrogens with zero attached hydrogens (tertiary/aromatic N) is 1. The molecule has 0 fully saturated rings. The van der Waals surface area contributed by atoms with Crippen molar-refractivity contribution in [2.24, 2.45) is 5.41 Å². The number of carboxylic acid groups (broad SMARTS) is 1. The lowest BCUT2D eigenvalue weighted by atomic mass is 9.90. The summed E-state index contributed by atoms with van der Waals surface area (Å²) in [4.78, 5) is 21.0. The van der Waals surface area contributed by atoms with Gasteiger partial charge in [-0.25, -0.2) is 0 Å². The lowest BCUT2D eigenvalue weighted by Gasteiger charge is -2.18. The average molecular weight is 301 g/mol. The molecule has 0 saturated heterocycles. The topological polar surface area (TPSA) is 92.5 Å². The Morgan fingerprint density at radius 3 is 2.65 bits per heavy atom. The predicted molar refractivity (Wildman–Crippen MR) is 75.8 cm³/mol. The van der Waals surface area contributed by atoms with Gasteiger partial charge in [0.05, 0.1) is 10.3 Å². The fourth-order valence-corrected chi connectivity index (χ4v) is 1.82. The van der Waals surface area contributed by atoms with Gasteiger partial charge in [-0.2, -0.15) is 0 Å². The van der Waals surface area contributed by atoms with Crippen molar-refractivity contribution in [1.29, 1.82) is 0 Å². The van der Waals surface area contributed by atoms with Crippen molar-refractivity contribution in [1.82, 2.24) is 5.32 Å². The number of nitro benzene ring substituents is 1. The molecule has 0 aliphatic rings. The van der Waals surface area contributed by atoms with Crippen LogP contribution in [0.3, 0.4) is 0 Å². The van der Waals surface area contributed by atoms with Gasteiger partial charge in [-0.3, -0.25) is 14.9 Å². The molecular weight excluding hydrogens is 284 g/mol. The zero-order valence-electron chi connectivity index (χ0n) is 11.4. The molecule has 0 radical (unpaired) electrons. The Morgan fingerprint density at radius 2 is 2.15 bits per heavy atom. The fourth-order valence-electron chi connectivity index (χ4n) is 1.55. The standard InChI is InChI=1S/C13H17ClN2O4/c1-13(2,12(17)18)5-6-15-8-9-3-4-11(16(19)20)10(14)7-9/h3-4,7,15H,5-6,8H2,1-2H3,(H,17,18). The molecule has 0 atom stereocenters.